The van der Waals surface area contributed by atoms with E-state index in [9.17, 15) is 8.78 Å². The van der Waals surface area contributed by atoms with Gasteiger partial charge in [0.25, 0.3) is 0 Å². The zero-order valence-corrected chi connectivity index (χ0v) is 15.0. The van der Waals surface area contributed by atoms with Gasteiger partial charge in [-0.1, -0.05) is 17.7 Å². The zero-order valence-electron chi connectivity index (χ0n) is 14.3. The Morgan fingerprint density at radius 1 is 1.07 bits per heavy atom. The number of alkyl halides is 2. The molecule has 3 nitrogen and oxygen atoms in total. The van der Waals surface area contributed by atoms with E-state index < -0.39 is 6.11 Å². The minimum absolute atomic E-state index is 0.245. The minimum atomic E-state index is -3.09. The van der Waals surface area contributed by atoms with E-state index in [1.807, 2.05) is 42.6 Å². The lowest BCUT2D eigenvalue weighted by Crippen LogP contribution is -2.29. The summed E-state index contributed by atoms with van der Waals surface area (Å²) in [4.78, 5) is 4.82. The summed E-state index contributed by atoms with van der Waals surface area (Å²) < 4.78 is 33.8. The molecule has 0 saturated heterocycles. The number of rotatable bonds is 1. The van der Waals surface area contributed by atoms with Crippen molar-refractivity contribution in [1.82, 2.24) is 4.57 Å². The number of hydrogen-bond donors (Lipinski definition) is 0. The van der Waals surface area contributed by atoms with Gasteiger partial charge in [0.15, 0.2) is 0 Å². The molecule has 0 unspecified atom stereocenters. The van der Waals surface area contributed by atoms with Crippen molar-refractivity contribution in [3.8, 4) is 11.4 Å². The SMILES string of the molecule is FC1(F)CCc2cc(C3=NCc4ccc(Cl)cc4-n4cccc43)ccc2O1. The van der Waals surface area contributed by atoms with Crippen LogP contribution in [-0.2, 0) is 13.0 Å². The van der Waals surface area contributed by atoms with Gasteiger partial charge in [0.1, 0.15) is 5.75 Å². The van der Waals surface area contributed by atoms with Crippen molar-refractivity contribution >= 4 is 17.3 Å². The molecule has 5 rings (SSSR count). The number of aliphatic imine (C=N–C) groups is 1. The third-order valence-corrected chi connectivity index (χ3v) is 5.22. The molecule has 0 fully saturated rings. The predicted molar refractivity (Wildman–Crippen MR) is 100 cm³/mol. The minimum Gasteiger partial charge on any atom is -0.432 e. The average molecular weight is 385 g/mol. The Hall–Kier alpha value is -2.66. The largest absolute Gasteiger partial charge is 0.432 e. The van der Waals surface area contributed by atoms with Gasteiger partial charge >= 0.3 is 6.11 Å². The molecule has 136 valence electrons. The fraction of sp³-hybridized carbons (Fsp3) is 0.190. The first kappa shape index (κ1) is 16.5. The summed E-state index contributed by atoms with van der Waals surface area (Å²) in [5, 5.41) is 0.670. The van der Waals surface area contributed by atoms with Crippen molar-refractivity contribution in [2.24, 2.45) is 4.99 Å². The quantitative estimate of drug-likeness (QED) is 0.551. The van der Waals surface area contributed by atoms with Crippen molar-refractivity contribution in [2.45, 2.75) is 25.5 Å². The van der Waals surface area contributed by atoms with Crippen LogP contribution in [0.5, 0.6) is 5.75 Å². The number of benzene rings is 2. The zero-order chi connectivity index (χ0) is 18.6. The molecule has 0 spiro atoms. The Kier molecular flexibility index (Phi) is 3.62. The molecule has 0 N–H and O–H groups in total. The molecule has 0 atom stereocenters. The summed E-state index contributed by atoms with van der Waals surface area (Å²) in [6.07, 6.45) is -1.14. The first-order valence-electron chi connectivity index (χ1n) is 8.71. The Morgan fingerprint density at radius 3 is 2.85 bits per heavy atom. The van der Waals surface area contributed by atoms with E-state index in [1.165, 1.54) is 0 Å². The van der Waals surface area contributed by atoms with Gasteiger partial charge in [0.05, 0.1) is 30.1 Å². The summed E-state index contributed by atoms with van der Waals surface area (Å²) in [5.41, 5.74) is 5.52. The Morgan fingerprint density at radius 2 is 1.96 bits per heavy atom. The van der Waals surface area contributed by atoms with Gasteiger partial charge in [0, 0.05) is 16.8 Å². The number of aryl methyl sites for hydroxylation is 1. The van der Waals surface area contributed by atoms with Gasteiger partial charge < -0.3 is 9.30 Å². The van der Waals surface area contributed by atoms with Crippen LogP contribution in [0.1, 0.15) is 28.8 Å². The summed E-state index contributed by atoms with van der Waals surface area (Å²) in [7, 11) is 0. The molecule has 3 heterocycles. The lowest BCUT2D eigenvalue weighted by atomic mass is 9.99. The lowest BCUT2D eigenvalue weighted by Gasteiger charge is -2.25. The van der Waals surface area contributed by atoms with Crippen LogP contribution in [0.2, 0.25) is 5.02 Å². The number of halogens is 3. The number of fused-ring (bicyclic) bond motifs is 4. The van der Waals surface area contributed by atoms with Crippen molar-refractivity contribution < 1.29 is 13.5 Å². The number of nitrogens with zero attached hydrogens (tertiary/aromatic N) is 2. The highest BCUT2D eigenvalue weighted by Crippen LogP contribution is 2.36. The van der Waals surface area contributed by atoms with Crippen LogP contribution in [0.25, 0.3) is 5.69 Å². The maximum absolute atomic E-state index is 13.5. The van der Waals surface area contributed by atoms with Crippen LogP contribution in [0.15, 0.2) is 59.7 Å². The van der Waals surface area contributed by atoms with Gasteiger partial charge in [0.2, 0.25) is 0 Å². The van der Waals surface area contributed by atoms with Gasteiger partial charge in [-0.05, 0) is 60.0 Å². The standard InChI is InChI=1S/C21H15ClF2N2O/c22-16-5-3-15-12-25-20(17-2-1-9-26(17)18(15)11-16)14-4-6-19-13(10-14)7-8-21(23,24)27-19/h1-6,9-11H,7-8,12H2. The van der Waals surface area contributed by atoms with Gasteiger partial charge in [-0.2, -0.15) is 8.78 Å². The maximum atomic E-state index is 13.5. The molecule has 2 aliphatic heterocycles. The fourth-order valence-electron chi connectivity index (χ4n) is 3.68. The van der Waals surface area contributed by atoms with Crippen LogP contribution in [0.4, 0.5) is 8.78 Å². The highest BCUT2D eigenvalue weighted by atomic mass is 35.5. The number of aromatic nitrogens is 1. The third-order valence-electron chi connectivity index (χ3n) is 4.98. The van der Waals surface area contributed by atoms with E-state index in [0.29, 0.717) is 11.6 Å². The number of ether oxygens (including phenoxy) is 1. The predicted octanol–water partition coefficient (Wildman–Crippen LogP) is 5.40. The molecule has 0 bridgehead atoms. The molecular weight excluding hydrogens is 370 g/mol. The topological polar surface area (TPSA) is 26.5 Å². The molecule has 2 aromatic carbocycles. The molecule has 0 radical (unpaired) electrons. The molecule has 0 saturated carbocycles. The van der Waals surface area contributed by atoms with E-state index in [0.717, 1.165) is 33.8 Å². The van der Waals surface area contributed by atoms with Crippen molar-refractivity contribution in [1.29, 1.82) is 0 Å². The molecule has 1 aromatic heterocycles. The smallest absolute Gasteiger partial charge is 0.398 e. The van der Waals surface area contributed by atoms with E-state index in [4.69, 9.17) is 21.3 Å². The second-order valence-electron chi connectivity index (χ2n) is 6.76. The molecule has 0 amide bonds. The van der Waals surface area contributed by atoms with Crippen molar-refractivity contribution in [3.05, 3.63) is 82.1 Å². The average Bonchev–Trinajstić information content (AvgIpc) is 3.06. The van der Waals surface area contributed by atoms with Gasteiger partial charge in [-0.25, -0.2) is 0 Å². The summed E-state index contributed by atoms with van der Waals surface area (Å²) in [5.74, 6) is 0.245. The second kappa shape index (κ2) is 5.92. The first-order valence-corrected chi connectivity index (χ1v) is 9.09. The Labute approximate surface area is 159 Å². The van der Waals surface area contributed by atoms with Crippen LogP contribution in [0, 0.1) is 0 Å². The van der Waals surface area contributed by atoms with Crippen molar-refractivity contribution in [2.75, 3.05) is 0 Å². The second-order valence-corrected chi connectivity index (χ2v) is 7.20. The normalized spacial score (nSPS) is 17.1. The molecule has 0 aliphatic carbocycles. The Balaban J connectivity index is 1.61. The first-order chi connectivity index (χ1) is 13.0. The highest BCUT2D eigenvalue weighted by molar-refractivity contribution is 6.30. The lowest BCUT2D eigenvalue weighted by molar-refractivity contribution is -0.187. The molecule has 3 aromatic rings. The number of hydrogen-bond acceptors (Lipinski definition) is 2. The van der Waals surface area contributed by atoms with Gasteiger partial charge in [-0.3, -0.25) is 4.99 Å². The fourth-order valence-corrected chi connectivity index (χ4v) is 3.84. The third kappa shape index (κ3) is 2.82. The van der Waals surface area contributed by atoms with Crippen LogP contribution >= 0.6 is 11.6 Å². The van der Waals surface area contributed by atoms with Crippen LogP contribution < -0.4 is 4.74 Å². The molecule has 6 heteroatoms. The monoisotopic (exact) mass is 384 g/mol. The van der Waals surface area contributed by atoms with Gasteiger partial charge in [-0.15, -0.1) is 0 Å². The summed E-state index contributed by atoms with van der Waals surface area (Å²) in [6, 6.07) is 15.0. The van der Waals surface area contributed by atoms with Crippen LogP contribution in [0.3, 0.4) is 0 Å². The van der Waals surface area contributed by atoms with E-state index in [1.54, 1.807) is 12.1 Å². The van der Waals surface area contributed by atoms with Crippen molar-refractivity contribution in [3.63, 3.8) is 0 Å². The highest BCUT2D eigenvalue weighted by Gasteiger charge is 2.36. The molecular formula is C21H15ClF2N2O. The summed E-state index contributed by atoms with van der Waals surface area (Å²) >= 11 is 6.19. The maximum Gasteiger partial charge on any atom is 0.398 e. The van der Waals surface area contributed by atoms with E-state index >= 15 is 0 Å². The molecule has 2 aliphatic rings. The van der Waals surface area contributed by atoms with E-state index in [2.05, 4.69) is 4.57 Å². The summed E-state index contributed by atoms with van der Waals surface area (Å²) in [6.45, 7) is 0.523. The molecule has 27 heavy (non-hydrogen) atoms. The Bertz CT molecular complexity index is 1090. The van der Waals surface area contributed by atoms with E-state index in [-0.39, 0.29) is 18.6 Å². The van der Waals surface area contributed by atoms with Crippen LogP contribution in [-0.4, -0.2) is 16.4 Å².